The third-order valence-corrected chi connectivity index (χ3v) is 3.44. The number of benzene rings is 1. The van der Waals surface area contributed by atoms with Crippen molar-refractivity contribution >= 4 is 17.0 Å². The number of aromatic nitrogens is 3. The Bertz CT molecular complexity index is 808. The van der Waals surface area contributed by atoms with E-state index in [9.17, 15) is 4.79 Å². The van der Waals surface area contributed by atoms with Crippen LogP contribution in [0, 0.1) is 0 Å². The standard InChI is InChI=1S/C16H15N3O2/c1-19-13-6-3-9-17-16(13)15(18-19)12-5-2-4-11(10-12)7-8-14(20)21/h2-6,9-10H,7-8H2,1H3,(H,20,21). The first-order valence-electron chi connectivity index (χ1n) is 6.74. The van der Waals surface area contributed by atoms with Crippen molar-refractivity contribution < 1.29 is 9.90 Å². The van der Waals surface area contributed by atoms with Crippen molar-refractivity contribution in [3.05, 3.63) is 48.2 Å². The Hall–Kier alpha value is -2.69. The van der Waals surface area contributed by atoms with Crippen LogP contribution < -0.4 is 0 Å². The zero-order chi connectivity index (χ0) is 14.8. The Kier molecular flexibility index (Phi) is 3.39. The lowest BCUT2D eigenvalue weighted by molar-refractivity contribution is -0.136. The summed E-state index contributed by atoms with van der Waals surface area (Å²) in [5.74, 6) is -0.787. The van der Waals surface area contributed by atoms with Crippen LogP contribution in [0.5, 0.6) is 0 Å². The number of nitrogens with zero attached hydrogens (tertiary/aromatic N) is 3. The average molecular weight is 281 g/mol. The van der Waals surface area contributed by atoms with Gasteiger partial charge in [0, 0.05) is 25.2 Å². The Balaban J connectivity index is 2.02. The van der Waals surface area contributed by atoms with Crippen LogP contribution in [0.15, 0.2) is 42.6 Å². The van der Waals surface area contributed by atoms with E-state index in [0.717, 1.165) is 27.9 Å². The van der Waals surface area contributed by atoms with Gasteiger partial charge < -0.3 is 5.11 Å². The second-order valence-corrected chi connectivity index (χ2v) is 4.94. The van der Waals surface area contributed by atoms with Crippen molar-refractivity contribution in [3.63, 3.8) is 0 Å². The molecule has 3 aromatic rings. The molecule has 0 unspecified atom stereocenters. The topological polar surface area (TPSA) is 68.0 Å². The van der Waals surface area contributed by atoms with E-state index in [2.05, 4.69) is 10.1 Å². The predicted molar refractivity (Wildman–Crippen MR) is 79.9 cm³/mol. The highest BCUT2D eigenvalue weighted by Gasteiger charge is 2.11. The van der Waals surface area contributed by atoms with E-state index in [1.54, 1.807) is 6.20 Å². The zero-order valence-corrected chi connectivity index (χ0v) is 11.7. The Morgan fingerprint density at radius 3 is 2.95 bits per heavy atom. The summed E-state index contributed by atoms with van der Waals surface area (Å²) in [5, 5.41) is 13.3. The van der Waals surface area contributed by atoms with E-state index in [0.29, 0.717) is 6.42 Å². The molecule has 0 bridgehead atoms. The van der Waals surface area contributed by atoms with E-state index in [-0.39, 0.29) is 6.42 Å². The Morgan fingerprint density at radius 2 is 2.14 bits per heavy atom. The van der Waals surface area contributed by atoms with Crippen LogP contribution in [0.3, 0.4) is 0 Å². The molecule has 2 aromatic heterocycles. The minimum absolute atomic E-state index is 0.130. The molecule has 5 heteroatoms. The third kappa shape index (κ3) is 2.63. The van der Waals surface area contributed by atoms with Crippen LogP contribution in [0.25, 0.3) is 22.3 Å². The summed E-state index contributed by atoms with van der Waals surface area (Å²) < 4.78 is 1.81. The minimum Gasteiger partial charge on any atom is -0.481 e. The maximum atomic E-state index is 10.7. The fourth-order valence-corrected chi connectivity index (χ4v) is 2.41. The van der Waals surface area contributed by atoms with Gasteiger partial charge in [-0.15, -0.1) is 0 Å². The molecule has 0 aliphatic rings. The number of hydrogen-bond donors (Lipinski definition) is 1. The summed E-state index contributed by atoms with van der Waals surface area (Å²) in [6, 6.07) is 11.7. The number of pyridine rings is 1. The molecule has 0 saturated heterocycles. The van der Waals surface area contributed by atoms with Crippen molar-refractivity contribution in [3.8, 4) is 11.3 Å². The monoisotopic (exact) mass is 281 g/mol. The molecule has 1 N–H and O–H groups in total. The summed E-state index contributed by atoms with van der Waals surface area (Å²) in [5.41, 5.74) is 4.61. The number of carboxylic acids is 1. The summed E-state index contributed by atoms with van der Waals surface area (Å²) in [6.07, 6.45) is 2.40. The Morgan fingerprint density at radius 1 is 1.29 bits per heavy atom. The number of rotatable bonds is 4. The quantitative estimate of drug-likeness (QED) is 0.798. The lowest BCUT2D eigenvalue weighted by Crippen LogP contribution is -1.97. The normalized spacial score (nSPS) is 10.9. The first kappa shape index (κ1) is 13.3. The SMILES string of the molecule is Cn1nc(-c2cccc(CCC(=O)O)c2)c2ncccc21. The first-order valence-corrected chi connectivity index (χ1v) is 6.74. The fourth-order valence-electron chi connectivity index (χ4n) is 2.41. The highest BCUT2D eigenvalue weighted by molar-refractivity contribution is 5.89. The molecule has 0 atom stereocenters. The van der Waals surface area contributed by atoms with Crippen molar-refractivity contribution in [2.24, 2.45) is 7.05 Å². The highest BCUT2D eigenvalue weighted by Crippen LogP contribution is 2.26. The van der Waals surface area contributed by atoms with Gasteiger partial charge in [0.05, 0.1) is 5.52 Å². The summed E-state index contributed by atoms with van der Waals surface area (Å²) in [6.45, 7) is 0. The van der Waals surface area contributed by atoms with Gasteiger partial charge in [-0.3, -0.25) is 14.5 Å². The van der Waals surface area contributed by atoms with Gasteiger partial charge in [-0.2, -0.15) is 5.10 Å². The number of carbonyl (C=O) groups is 1. The van der Waals surface area contributed by atoms with Gasteiger partial charge in [-0.05, 0) is 30.2 Å². The molecule has 1 aromatic carbocycles. The van der Waals surface area contributed by atoms with Gasteiger partial charge in [-0.25, -0.2) is 0 Å². The molecule has 2 heterocycles. The van der Waals surface area contributed by atoms with Gasteiger partial charge in [0.15, 0.2) is 0 Å². The molecule has 106 valence electrons. The molecular formula is C16H15N3O2. The molecule has 3 rings (SSSR count). The van der Waals surface area contributed by atoms with Crippen LogP contribution >= 0.6 is 0 Å². The molecule has 0 radical (unpaired) electrons. The molecule has 0 aliphatic heterocycles. The van der Waals surface area contributed by atoms with Crippen molar-refractivity contribution in [1.82, 2.24) is 14.8 Å². The Labute approximate surface area is 121 Å². The lowest BCUT2D eigenvalue weighted by atomic mass is 10.0. The number of hydrogen-bond acceptors (Lipinski definition) is 3. The van der Waals surface area contributed by atoms with E-state index in [1.165, 1.54) is 0 Å². The van der Waals surface area contributed by atoms with Crippen LogP contribution in [0.4, 0.5) is 0 Å². The van der Waals surface area contributed by atoms with Gasteiger partial charge >= 0.3 is 5.97 Å². The minimum atomic E-state index is -0.787. The highest BCUT2D eigenvalue weighted by atomic mass is 16.4. The van der Waals surface area contributed by atoms with Crippen LogP contribution in [-0.4, -0.2) is 25.8 Å². The van der Waals surface area contributed by atoms with Gasteiger partial charge in [0.1, 0.15) is 11.2 Å². The van der Waals surface area contributed by atoms with Crippen LogP contribution in [-0.2, 0) is 18.3 Å². The van der Waals surface area contributed by atoms with E-state index < -0.39 is 5.97 Å². The molecule has 0 aliphatic carbocycles. The first-order chi connectivity index (χ1) is 10.1. The maximum absolute atomic E-state index is 10.7. The summed E-state index contributed by atoms with van der Waals surface area (Å²) in [4.78, 5) is 15.1. The van der Waals surface area contributed by atoms with Crippen molar-refractivity contribution in [2.45, 2.75) is 12.8 Å². The van der Waals surface area contributed by atoms with Gasteiger partial charge in [0.2, 0.25) is 0 Å². The number of aryl methyl sites for hydroxylation is 2. The molecule has 21 heavy (non-hydrogen) atoms. The van der Waals surface area contributed by atoms with Gasteiger partial charge in [-0.1, -0.05) is 18.2 Å². The van der Waals surface area contributed by atoms with Crippen molar-refractivity contribution in [1.29, 1.82) is 0 Å². The van der Waals surface area contributed by atoms with Gasteiger partial charge in [0.25, 0.3) is 0 Å². The predicted octanol–water partition coefficient (Wildman–Crippen LogP) is 2.65. The molecule has 0 spiro atoms. The largest absolute Gasteiger partial charge is 0.481 e. The van der Waals surface area contributed by atoms with E-state index >= 15 is 0 Å². The number of fused-ring (bicyclic) bond motifs is 1. The third-order valence-electron chi connectivity index (χ3n) is 3.44. The van der Waals surface area contributed by atoms with Crippen LogP contribution in [0.2, 0.25) is 0 Å². The summed E-state index contributed by atoms with van der Waals surface area (Å²) >= 11 is 0. The zero-order valence-electron chi connectivity index (χ0n) is 11.7. The fraction of sp³-hybridized carbons (Fsp3) is 0.188. The molecule has 0 amide bonds. The molecule has 0 fully saturated rings. The smallest absolute Gasteiger partial charge is 0.303 e. The maximum Gasteiger partial charge on any atom is 0.303 e. The average Bonchev–Trinajstić information content (AvgIpc) is 2.83. The molecule has 0 saturated carbocycles. The van der Waals surface area contributed by atoms with Crippen molar-refractivity contribution in [2.75, 3.05) is 0 Å². The number of carboxylic acid groups (broad SMARTS) is 1. The van der Waals surface area contributed by atoms with Crippen LogP contribution in [0.1, 0.15) is 12.0 Å². The second-order valence-electron chi connectivity index (χ2n) is 4.94. The molecular weight excluding hydrogens is 266 g/mol. The molecule has 5 nitrogen and oxygen atoms in total. The lowest BCUT2D eigenvalue weighted by Gasteiger charge is -2.02. The summed E-state index contributed by atoms with van der Waals surface area (Å²) in [7, 11) is 1.89. The van der Waals surface area contributed by atoms with E-state index in [1.807, 2.05) is 48.1 Å². The second kappa shape index (κ2) is 5.36. The van der Waals surface area contributed by atoms with E-state index in [4.69, 9.17) is 5.11 Å². The number of aliphatic carboxylic acids is 1.